The molecule has 1 saturated carbocycles. The average molecular weight is 282 g/mol. The van der Waals surface area contributed by atoms with Crippen molar-refractivity contribution in [3.8, 4) is 11.4 Å². The van der Waals surface area contributed by atoms with Gasteiger partial charge in [-0.25, -0.2) is 4.39 Å². The van der Waals surface area contributed by atoms with Gasteiger partial charge in [-0.05, 0) is 37.5 Å². The third-order valence-electron chi connectivity index (χ3n) is 3.49. The van der Waals surface area contributed by atoms with E-state index in [2.05, 4.69) is 10.1 Å². The molecular formula is C13H13ClFN3O. The highest BCUT2D eigenvalue weighted by molar-refractivity contribution is 6.33. The first kappa shape index (κ1) is 12.6. The van der Waals surface area contributed by atoms with Gasteiger partial charge in [-0.15, -0.1) is 0 Å². The number of nitrogens with two attached hydrogens (primary N) is 1. The minimum atomic E-state index is -0.396. The van der Waals surface area contributed by atoms with Gasteiger partial charge in [0.2, 0.25) is 11.7 Å². The van der Waals surface area contributed by atoms with E-state index in [-0.39, 0.29) is 10.6 Å². The summed E-state index contributed by atoms with van der Waals surface area (Å²) < 4.78 is 18.2. The minimum absolute atomic E-state index is 0.212. The van der Waals surface area contributed by atoms with Gasteiger partial charge in [-0.1, -0.05) is 16.8 Å². The van der Waals surface area contributed by atoms with Crippen LogP contribution in [0.25, 0.3) is 11.4 Å². The Balaban J connectivity index is 1.84. The van der Waals surface area contributed by atoms with Crippen LogP contribution in [0.4, 0.5) is 4.39 Å². The van der Waals surface area contributed by atoms with Crippen molar-refractivity contribution < 1.29 is 8.91 Å². The lowest BCUT2D eigenvalue weighted by molar-refractivity contribution is 0.222. The highest BCUT2D eigenvalue weighted by Crippen LogP contribution is 2.33. The number of nitrogens with zero attached hydrogens (tertiary/aromatic N) is 2. The maximum absolute atomic E-state index is 13.0. The van der Waals surface area contributed by atoms with E-state index in [0.717, 1.165) is 19.3 Å². The molecule has 2 aromatic rings. The quantitative estimate of drug-likeness (QED) is 0.939. The van der Waals surface area contributed by atoms with Crippen molar-refractivity contribution in [2.75, 3.05) is 0 Å². The second-order valence-corrected chi connectivity index (χ2v) is 5.44. The Bertz CT molecular complexity index is 610. The van der Waals surface area contributed by atoms with Crippen molar-refractivity contribution in [1.29, 1.82) is 0 Å². The summed E-state index contributed by atoms with van der Waals surface area (Å²) in [5.74, 6) is 0.466. The molecule has 2 N–H and O–H groups in total. The SMILES string of the molecule is NC1(Cc2nc(-c3ccc(F)cc3Cl)no2)CCC1. The Morgan fingerprint density at radius 1 is 1.42 bits per heavy atom. The molecule has 0 atom stereocenters. The number of hydrogen-bond acceptors (Lipinski definition) is 4. The zero-order chi connectivity index (χ0) is 13.5. The van der Waals surface area contributed by atoms with Gasteiger partial charge in [-0.2, -0.15) is 4.98 Å². The number of hydrogen-bond donors (Lipinski definition) is 1. The third kappa shape index (κ3) is 2.48. The minimum Gasteiger partial charge on any atom is -0.339 e. The first-order chi connectivity index (χ1) is 9.06. The van der Waals surface area contributed by atoms with Crippen molar-refractivity contribution in [3.05, 3.63) is 34.9 Å². The molecule has 19 heavy (non-hydrogen) atoms. The van der Waals surface area contributed by atoms with Gasteiger partial charge >= 0.3 is 0 Å². The maximum Gasteiger partial charge on any atom is 0.228 e. The van der Waals surface area contributed by atoms with Crippen molar-refractivity contribution in [2.24, 2.45) is 5.73 Å². The summed E-state index contributed by atoms with van der Waals surface area (Å²) in [7, 11) is 0. The van der Waals surface area contributed by atoms with Crippen LogP contribution in [0.2, 0.25) is 5.02 Å². The van der Waals surface area contributed by atoms with E-state index < -0.39 is 5.82 Å². The lowest BCUT2D eigenvalue weighted by Crippen LogP contribution is -2.48. The highest BCUT2D eigenvalue weighted by atomic mass is 35.5. The summed E-state index contributed by atoms with van der Waals surface area (Å²) in [6, 6.07) is 4.07. The second kappa shape index (κ2) is 4.58. The largest absolute Gasteiger partial charge is 0.339 e. The van der Waals surface area contributed by atoms with E-state index in [1.165, 1.54) is 18.2 Å². The van der Waals surface area contributed by atoms with Crippen LogP contribution in [-0.4, -0.2) is 15.7 Å². The van der Waals surface area contributed by atoms with Gasteiger partial charge in [0.1, 0.15) is 5.82 Å². The maximum atomic E-state index is 13.0. The Morgan fingerprint density at radius 3 is 2.84 bits per heavy atom. The smallest absolute Gasteiger partial charge is 0.228 e. The van der Waals surface area contributed by atoms with Gasteiger partial charge in [-0.3, -0.25) is 0 Å². The molecule has 4 nitrogen and oxygen atoms in total. The molecule has 100 valence electrons. The summed E-state index contributed by atoms with van der Waals surface area (Å²) in [5.41, 5.74) is 6.47. The molecule has 1 aliphatic carbocycles. The Kier molecular flexibility index (Phi) is 3.03. The molecule has 0 spiro atoms. The van der Waals surface area contributed by atoms with Crippen LogP contribution in [0.5, 0.6) is 0 Å². The fourth-order valence-corrected chi connectivity index (χ4v) is 2.47. The molecule has 6 heteroatoms. The van der Waals surface area contributed by atoms with Crippen LogP contribution in [0, 0.1) is 5.82 Å². The second-order valence-electron chi connectivity index (χ2n) is 5.03. The van der Waals surface area contributed by atoms with Crippen LogP contribution < -0.4 is 5.73 Å². The number of halogens is 2. The molecule has 1 aromatic heterocycles. The Hall–Kier alpha value is -1.46. The normalized spacial score (nSPS) is 17.2. The summed E-state index contributed by atoms with van der Waals surface area (Å²) in [4.78, 5) is 4.27. The fourth-order valence-electron chi connectivity index (χ4n) is 2.22. The average Bonchev–Trinajstić information content (AvgIpc) is 2.75. The van der Waals surface area contributed by atoms with E-state index in [1.54, 1.807) is 0 Å². The molecular weight excluding hydrogens is 269 g/mol. The predicted octanol–water partition coefficient (Wildman–Crippen LogP) is 2.95. The molecule has 3 rings (SSSR count). The molecule has 0 aliphatic heterocycles. The van der Waals surface area contributed by atoms with Gasteiger partial charge in [0.25, 0.3) is 0 Å². The summed E-state index contributed by atoms with van der Waals surface area (Å²) in [6.45, 7) is 0. The zero-order valence-corrected chi connectivity index (χ0v) is 11.0. The third-order valence-corrected chi connectivity index (χ3v) is 3.81. The number of aromatic nitrogens is 2. The van der Waals surface area contributed by atoms with Crippen LogP contribution in [-0.2, 0) is 6.42 Å². The molecule has 0 unspecified atom stereocenters. The van der Waals surface area contributed by atoms with Gasteiger partial charge in [0.15, 0.2) is 0 Å². The molecule has 0 amide bonds. The van der Waals surface area contributed by atoms with Crippen molar-refractivity contribution in [1.82, 2.24) is 10.1 Å². The Labute approximate surface area is 114 Å². The number of rotatable bonds is 3. The van der Waals surface area contributed by atoms with E-state index in [0.29, 0.717) is 23.7 Å². The van der Waals surface area contributed by atoms with Crippen molar-refractivity contribution in [3.63, 3.8) is 0 Å². The van der Waals surface area contributed by atoms with Crippen LogP contribution >= 0.6 is 11.6 Å². The lowest BCUT2D eigenvalue weighted by atomic mass is 9.75. The molecule has 0 saturated heterocycles. The first-order valence-corrected chi connectivity index (χ1v) is 6.50. The fraction of sp³-hybridized carbons (Fsp3) is 0.385. The Morgan fingerprint density at radius 2 is 2.21 bits per heavy atom. The van der Waals surface area contributed by atoms with Crippen molar-refractivity contribution in [2.45, 2.75) is 31.2 Å². The van der Waals surface area contributed by atoms with E-state index in [1.807, 2.05) is 0 Å². The predicted molar refractivity (Wildman–Crippen MR) is 69.2 cm³/mol. The zero-order valence-electron chi connectivity index (χ0n) is 10.2. The topological polar surface area (TPSA) is 64.9 Å². The van der Waals surface area contributed by atoms with E-state index in [4.69, 9.17) is 21.9 Å². The first-order valence-electron chi connectivity index (χ1n) is 6.13. The monoisotopic (exact) mass is 281 g/mol. The molecule has 0 bridgehead atoms. The van der Waals surface area contributed by atoms with E-state index >= 15 is 0 Å². The van der Waals surface area contributed by atoms with Crippen LogP contribution in [0.3, 0.4) is 0 Å². The summed E-state index contributed by atoms with van der Waals surface area (Å²) in [5, 5.41) is 4.13. The van der Waals surface area contributed by atoms with Crippen LogP contribution in [0.1, 0.15) is 25.2 Å². The lowest BCUT2D eigenvalue weighted by Gasteiger charge is -2.36. The molecule has 1 aliphatic rings. The number of benzene rings is 1. The molecule has 1 aromatic carbocycles. The highest BCUT2D eigenvalue weighted by Gasteiger charge is 2.34. The van der Waals surface area contributed by atoms with Crippen molar-refractivity contribution >= 4 is 11.6 Å². The van der Waals surface area contributed by atoms with Gasteiger partial charge in [0.05, 0.1) is 5.02 Å². The molecule has 1 heterocycles. The summed E-state index contributed by atoms with van der Waals surface area (Å²) >= 11 is 5.96. The van der Waals surface area contributed by atoms with Gasteiger partial charge in [0, 0.05) is 17.5 Å². The standard InChI is InChI=1S/C13H13ClFN3O/c14-10-6-8(15)2-3-9(10)12-17-11(19-18-12)7-13(16)4-1-5-13/h2-3,6H,1,4-5,7,16H2. The van der Waals surface area contributed by atoms with Gasteiger partial charge < -0.3 is 10.3 Å². The summed E-state index contributed by atoms with van der Waals surface area (Å²) in [6.07, 6.45) is 3.66. The molecule has 1 fully saturated rings. The molecule has 0 radical (unpaired) electrons. The van der Waals surface area contributed by atoms with E-state index in [9.17, 15) is 4.39 Å². The van der Waals surface area contributed by atoms with Crippen LogP contribution in [0.15, 0.2) is 22.7 Å².